The highest BCUT2D eigenvalue weighted by Gasteiger charge is 2.21. The molecule has 2 heterocycles. The predicted molar refractivity (Wildman–Crippen MR) is 94.7 cm³/mol. The van der Waals surface area contributed by atoms with Crippen LogP contribution in [0.5, 0.6) is 5.75 Å². The minimum Gasteiger partial charge on any atom is -0.490 e. The van der Waals surface area contributed by atoms with Crippen LogP contribution in [0.25, 0.3) is 0 Å². The molecule has 4 heteroatoms. The van der Waals surface area contributed by atoms with Gasteiger partial charge in [0.25, 0.3) is 0 Å². The van der Waals surface area contributed by atoms with Gasteiger partial charge in [0.05, 0.1) is 12.2 Å². The van der Waals surface area contributed by atoms with E-state index in [4.69, 9.17) is 16.3 Å². The van der Waals surface area contributed by atoms with E-state index in [1.54, 1.807) is 0 Å². The van der Waals surface area contributed by atoms with Crippen molar-refractivity contribution in [3.63, 3.8) is 0 Å². The lowest BCUT2D eigenvalue weighted by atomic mass is 10.00. The van der Waals surface area contributed by atoms with Gasteiger partial charge in [0, 0.05) is 11.6 Å². The number of hydrogen-bond donors (Lipinski definition) is 1. The van der Waals surface area contributed by atoms with Crippen LogP contribution in [0.4, 0.5) is 5.69 Å². The zero-order chi connectivity index (χ0) is 15.6. The van der Waals surface area contributed by atoms with Crippen molar-refractivity contribution in [2.75, 3.05) is 31.1 Å². The van der Waals surface area contributed by atoms with Crippen molar-refractivity contribution in [3.05, 3.63) is 58.1 Å². The van der Waals surface area contributed by atoms with Crippen LogP contribution in [0.15, 0.2) is 36.4 Å². The van der Waals surface area contributed by atoms with Gasteiger partial charge in [-0.3, -0.25) is 0 Å². The second-order valence-electron chi connectivity index (χ2n) is 6.24. The molecule has 1 N–H and O–H groups in total. The second kappa shape index (κ2) is 6.42. The average Bonchev–Trinajstić information content (AvgIpc) is 2.80. The van der Waals surface area contributed by atoms with Crippen molar-refractivity contribution in [1.29, 1.82) is 0 Å². The molecule has 120 valence electrons. The van der Waals surface area contributed by atoms with Crippen LogP contribution in [0.3, 0.4) is 0 Å². The van der Waals surface area contributed by atoms with E-state index < -0.39 is 0 Å². The van der Waals surface area contributed by atoms with Crippen LogP contribution in [-0.4, -0.2) is 26.2 Å². The Hall–Kier alpha value is -1.71. The minimum absolute atomic E-state index is 0.748. The molecule has 0 saturated carbocycles. The molecule has 2 aromatic rings. The van der Waals surface area contributed by atoms with E-state index >= 15 is 0 Å². The van der Waals surface area contributed by atoms with Crippen LogP contribution in [0.1, 0.15) is 16.7 Å². The summed E-state index contributed by atoms with van der Waals surface area (Å²) in [5.74, 6) is 1.03. The largest absolute Gasteiger partial charge is 0.490 e. The molecule has 0 unspecified atom stereocenters. The van der Waals surface area contributed by atoms with Gasteiger partial charge in [-0.05, 0) is 66.9 Å². The van der Waals surface area contributed by atoms with E-state index in [0.717, 1.165) is 56.4 Å². The van der Waals surface area contributed by atoms with Crippen LogP contribution < -0.4 is 15.0 Å². The molecule has 0 aliphatic carbocycles. The topological polar surface area (TPSA) is 24.5 Å². The van der Waals surface area contributed by atoms with Crippen LogP contribution >= 0.6 is 11.6 Å². The highest BCUT2D eigenvalue weighted by Crippen LogP contribution is 2.36. The summed E-state index contributed by atoms with van der Waals surface area (Å²) in [5.41, 5.74) is 5.40. The van der Waals surface area contributed by atoms with Gasteiger partial charge in [0.2, 0.25) is 0 Å². The van der Waals surface area contributed by atoms with Gasteiger partial charge in [-0.25, -0.2) is 0 Å². The Morgan fingerprint density at radius 2 is 1.78 bits per heavy atom. The van der Waals surface area contributed by atoms with Gasteiger partial charge in [-0.1, -0.05) is 23.7 Å². The number of ether oxygens (including phenoxy) is 1. The van der Waals surface area contributed by atoms with Gasteiger partial charge in [0.1, 0.15) is 12.4 Å². The van der Waals surface area contributed by atoms with Crippen LogP contribution in [0.2, 0.25) is 5.02 Å². The summed E-state index contributed by atoms with van der Waals surface area (Å²) in [7, 11) is 0. The molecule has 0 radical (unpaired) electrons. The second-order valence-corrected chi connectivity index (χ2v) is 6.67. The maximum atomic E-state index is 5.99. The molecule has 0 atom stereocenters. The quantitative estimate of drug-likeness (QED) is 0.914. The first-order valence-corrected chi connectivity index (χ1v) is 8.66. The fourth-order valence-corrected chi connectivity index (χ4v) is 3.54. The lowest BCUT2D eigenvalue weighted by Gasteiger charge is -2.32. The van der Waals surface area contributed by atoms with E-state index in [-0.39, 0.29) is 0 Å². The summed E-state index contributed by atoms with van der Waals surface area (Å²) >= 11 is 5.99. The summed E-state index contributed by atoms with van der Waals surface area (Å²) < 4.78 is 5.93. The molecule has 0 aromatic heterocycles. The number of nitrogens with zero attached hydrogens (tertiary/aromatic N) is 1. The molecule has 0 amide bonds. The third-order valence-electron chi connectivity index (χ3n) is 4.67. The smallest absolute Gasteiger partial charge is 0.142 e. The van der Waals surface area contributed by atoms with Gasteiger partial charge in [-0.2, -0.15) is 0 Å². The first-order chi connectivity index (χ1) is 11.3. The van der Waals surface area contributed by atoms with E-state index in [1.165, 1.54) is 22.4 Å². The van der Waals surface area contributed by atoms with Crippen molar-refractivity contribution < 1.29 is 4.74 Å². The summed E-state index contributed by atoms with van der Waals surface area (Å²) in [6.45, 7) is 4.68. The summed E-state index contributed by atoms with van der Waals surface area (Å²) in [4.78, 5) is 2.42. The Morgan fingerprint density at radius 1 is 1.04 bits per heavy atom. The number of nitrogens with one attached hydrogen (secondary N) is 1. The Bertz CT molecular complexity index is 699. The molecule has 0 bridgehead atoms. The van der Waals surface area contributed by atoms with E-state index in [9.17, 15) is 0 Å². The number of rotatable bonds is 2. The zero-order valence-corrected chi connectivity index (χ0v) is 13.9. The van der Waals surface area contributed by atoms with Crippen molar-refractivity contribution >= 4 is 17.3 Å². The minimum atomic E-state index is 0.748. The Kier molecular flexibility index (Phi) is 4.15. The standard InChI is InChI=1S/C19H21ClN2O/c20-17-3-1-14(2-4-17)13-22-9-10-23-19-12-16-6-8-21-7-5-15(16)11-18(19)22/h1-4,11-12,21H,5-10,13H2. The maximum Gasteiger partial charge on any atom is 0.142 e. The molecule has 2 aliphatic rings. The number of hydrogen-bond acceptors (Lipinski definition) is 3. The van der Waals surface area contributed by atoms with Crippen molar-refractivity contribution in [2.45, 2.75) is 19.4 Å². The average molecular weight is 329 g/mol. The predicted octanol–water partition coefficient (Wildman–Crippen LogP) is 3.43. The molecular weight excluding hydrogens is 308 g/mol. The number of anilines is 1. The molecule has 0 saturated heterocycles. The van der Waals surface area contributed by atoms with Gasteiger partial charge in [0.15, 0.2) is 0 Å². The highest BCUT2D eigenvalue weighted by molar-refractivity contribution is 6.30. The number of benzene rings is 2. The molecule has 23 heavy (non-hydrogen) atoms. The lowest BCUT2D eigenvalue weighted by molar-refractivity contribution is 0.306. The number of fused-ring (bicyclic) bond motifs is 2. The molecule has 2 aromatic carbocycles. The molecule has 0 spiro atoms. The Morgan fingerprint density at radius 3 is 2.57 bits per heavy atom. The van der Waals surface area contributed by atoms with Crippen molar-refractivity contribution in [3.8, 4) is 5.75 Å². The molecule has 2 aliphatic heterocycles. The van der Waals surface area contributed by atoms with Gasteiger partial charge >= 0.3 is 0 Å². The van der Waals surface area contributed by atoms with Crippen molar-refractivity contribution in [2.24, 2.45) is 0 Å². The zero-order valence-electron chi connectivity index (χ0n) is 13.1. The maximum absolute atomic E-state index is 5.99. The summed E-state index contributed by atoms with van der Waals surface area (Å²) in [6.07, 6.45) is 2.18. The summed E-state index contributed by atoms with van der Waals surface area (Å²) in [5, 5.41) is 4.26. The highest BCUT2D eigenvalue weighted by atomic mass is 35.5. The lowest BCUT2D eigenvalue weighted by Crippen LogP contribution is -2.32. The van der Waals surface area contributed by atoms with Crippen LogP contribution in [0, 0.1) is 0 Å². The van der Waals surface area contributed by atoms with Crippen molar-refractivity contribution in [1.82, 2.24) is 5.32 Å². The molecule has 0 fully saturated rings. The first-order valence-electron chi connectivity index (χ1n) is 8.28. The Labute approximate surface area is 142 Å². The van der Waals surface area contributed by atoms with E-state index in [2.05, 4.69) is 34.5 Å². The normalized spacial score (nSPS) is 17.0. The molecule has 3 nitrogen and oxygen atoms in total. The van der Waals surface area contributed by atoms with Crippen LogP contribution in [-0.2, 0) is 19.4 Å². The fourth-order valence-electron chi connectivity index (χ4n) is 3.41. The van der Waals surface area contributed by atoms with Gasteiger partial charge < -0.3 is 15.0 Å². The molecular formula is C19H21ClN2O. The third kappa shape index (κ3) is 3.17. The molecule has 4 rings (SSSR count). The van der Waals surface area contributed by atoms with Gasteiger partial charge in [-0.15, -0.1) is 0 Å². The van der Waals surface area contributed by atoms with E-state index in [0.29, 0.717) is 0 Å². The monoisotopic (exact) mass is 328 g/mol. The number of halogens is 1. The Balaban J connectivity index is 1.64. The third-order valence-corrected chi connectivity index (χ3v) is 4.92. The first kappa shape index (κ1) is 14.9. The van der Waals surface area contributed by atoms with E-state index in [1.807, 2.05) is 12.1 Å². The summed E-state index contributed by atoms with van der Waals surface area (Å²) in [6, 6.07) is 12.7. The fraction of sp³-hybridized carbons (Fsp3) is 0.368. The SMILES string of the molecule is Clc1ccc(CN2CCOc3cc4c(cc32)CCNCC4)cc1.